The van der Waals surface area contributed by atoms with Gasteiger partial charge in [0, 0.05) is 6.42 Å². The van der Waals surface area contributed by atoms with E-state index in [1.807, 2.05) is 0 Å². The zero-order chi connectivity index (χ0) is 17.0. The Labute approximate surface area is 132 Å². The molecule has 1 aliphatic carbocycles. The molecule has 1 N–H and O–H groups in total. The lowest BCUT2D eigenvalue weighted by Gasteiger charge is -2.15. The van der Waals surface area contributed by atoms with Gasteiger partial charge < -0.3 is 10.1 Å². The number of halogens is 3. The second-order valence-corrected chi connectivity index (χ2v) is 5.70. The number of benzene rings is 1. The third-order valence-corrected chi connectivity index (χ3v) is 3.90. The van der Waals surface area contributed by atoms with Gasteiger partial charge >= 0.3 is 5.97 Å². The topological polar surface area (TPSA) is 55.4 Å². The maximum atomic E-state index is 13.5. The Morgan fingerprint density at radius 3 is 2.52 bits per heavy atom. The van der Waals surface area contributed by atoms with Crippen LogP contribution in [0.2, 0.25) is 0 Å². The Kier molecular flexibility index (Phi) is 5.63. The van der Waals surface area contributed by atoms with E-state index in [0.29, 0.717) is 6.07 Å². The molecule has 1 aliphatic rings. The quantitative estimate of drug-likeness (QED) is 0.664. The van der Waals surface area contributed by atoms with Crippen LogP contribution in [0, 0.1) is 23.4 Å². The molecule has 0 bridgehead atoms. The molecule has 2 rings (SSSR count). The largest absolute Gasteiger partial charge is 0.453 e. The monoisotopic (exact) mass is 329 g/mol. The number of amides is 1. The predicted molar refractivity (Wildman–Crippen MR) is 77.1 cm³/mol. The predicted octanol–water partition coefficient (Wildman–Crippen LogP) is 3.55. The van der Waals surface area contributed by atoms with Crippen LogP contribution in [-0.4, -0.2) is 18.0 Å². The lowest BCUT2D eigenvalue weighted by atomic mass is 10.0. The number of anilines is 1. The van der Waals surface area contributed by atoms with Crippen molar-refractivity contribution in [1.29, 1.82) is 0 Å². The van der Waals surface area contributed by atoms with Crippen LogP contribution >= 0.6 is 0 Å². The molecule has 0 radical (unpaired) electrons. The van der Waals surface area contributed by atoms with Gasteiger partial charge in [0.25, 0.3) is 5.91 Å². The van der Waals surface area contributed by atoms with Gasteiger partial charge in [-0.1, -0.05) is 12.8 Å². The maximum absolute atomic E-state index is 13.5. The van der Waals surface area contributed by atoms with E-state index in [9.17, 15) is 22.8 Å². The summed E-state index contributed by atoms with van der Waals surface area (Å²) in [6.45, 7) is 1.33. The molecular weight excluding hydrogens is 311 g/mol. The molecule has 1 aromatic rings. The summed E-state index contributed by atoms with van der Waals surface area (Å²) in [6, 6.07) is 1.60. The highest BCUT2D eigenvalue weighted by atomic mass is 19.2. The minimum atomic E-state index is -1.67. The summed E-state index contributed by atoms with van der Waals surface area (Å²) in [4.78, 5) is 23.6. The van der Waals surface area contributed by atoms with Crippen molar-refractivity contribution in [3.8, 4) is 0 Å². The van der Waals surface area contributed by atoms with E-state index >= 15 is 0 Å². The molecule has 1 saturated carbocycles. The molecule has 23 heavy (non-hydrogen) atoms. The van der Waals surface area contributed by atoms with Crippen LogP contribution < -0.4 is 5.32 Å². The van der Waals surface area contributed by atoms with Crippen molar-refractivity contribution in [2.24, 2.45) is 5.92 Å². The van der Waals surface area contributed by atoms with Crippen molar-refractivity contribution < 1.29 is 27.5 Å². The molecule has 0 spiro atoms. The van der Waals surface area contributed by atoms with Gasteiger partial charge in [-0.3, -0.25) is 9.59 Å². The summed E-state index contributed by atoms with van der Waals surface area (Å²) in [5, 5.41) is 2.08. The zero-order valence-corrected chi connectivity index (χ0v) is 12.7. The summed E-state index contributed by atoms with van der Waals surface area (Å²) >= 11 is 0. The lowest BCUT2D eigenvalue weighted by Crippen LogP contribution is -2.30. The van der Waals surface area contributed by atoms with Gasteiger partial charge in [-0.2, -0.15) is 0 Å². The Morgan fingerprint density at radius 1 is 1.22 bits per heavy atom. The Hall–Kier alpha value is -2.05. The molecule has 7 heteroatoms. The number of ether oxygens (including phenoxy) is 1. The van der Waals surface area contributed by atoms with Crippen LogP contribution in [-0.2, 0) is 14.3 Å². The van der Waals surface area contributed by atoms with Gasteiger partial charge in [-0.15, -0.1) is 0 Å². The third kappa shape index (κ3) is 4.46. The smallest absolute Gasteiger partial charge is 0.306 e. The minimum Gasteiger partial charge on any atom is -0.453 e. The van der Waals surface area contributed by atoms with Crippen molar-refractivity contribution in [2.45, 2.75) is 45.1 Å². The van der Waals surface area contributed by atoms with Crippen LogP contribution in [0.3, 0.4) is 0 Å². The van der Waals surface area contributed by atoms with Crippen molar-refractivity contribution in [3.63, 3.8) is 0 Å². The fourth-order valence-electron chi connectivity index (χ4n) is 2.61. The van der Waals surface area contributed by atoms with Crippen molar-refractivity contribution in [2.75, 3.05) is 5.32 Å². The Morgan fingerprint density at radius 2 is 1.87 bits per heavy atom. The zero-order valence-electron chi connectivity index (χ0n) is 12.7. The molecule has 0 heterocycles. The first-order valence-corrected chi connectivity index (χ1v) is 7.52. The average Bonchev–Trinajstić information content (AvgIpc) is 3.00. The van der Waals surface area contributed by atoms with E-state index in [1.165, 1.54) is 6.92 Å². The molecule has 1 unspecified atom stereocenters. The van der Waals surface area contributed by atoms with E-state index in [0.717, 1.165) is 31.7 Å². The van der Waals surface area contributed by atoms with Gasteiger partial charge in [-0.05, 0) is 37.8 Å². The molecule has 1 atom stereocenters. The second-order valence-electron chi connectivity index (χ2n) is 5.70. The summed E-state index contributed by atoms with van der Waals surface area (Å²) in [5.74, 6) is -5.55. The van der Waals surface area contributed by atoms with E-state index in [1.54, 1.807) is 0 Å². The molecule has 1 aromatic carbocycles. The van der Waals surface area contributed by atoms with E-state index in [2.05, 4.69) is 5.32 Å². The Balaban J connectivity index is 1.89. The van der Waals surface area contributed by atoms with Crippen LogP contribution in [0.15, 0.2) is 12.1 Å². The van der Waals surface area contributed by atoms with Crippen LogP contribution in [0.25, 0.3) is 0 Å². The fourth-order valence-corrected chi connectivity index (χ4v) is 2.61. The normalized spacial score (nSPS) is 16.2. The van der Waals surface area contributed by atoms with Crippen molar-refractivity contribution in [1.82, 2.24) is 0 Å². The second kappa shape index (κ2) is 7.48. The van der Waals surface area contributed by atoms with Crippen LogP contribution in [0.1, 0.15) is 39.0 Å². The maximum Gasteiger partial charge on any atom is 0.306 e. The Bertz CT molecular complexity index is 600. The molecule has 0 aromatic heterocycles. The number of esters is 1. The fraction of sp³-hybridized carbons (Fsp3) is 0.500. The number of carbonyl (C=O) groups is 2. The summed E-state index contributed by atoms with van der Waals surface area (Å²) < 4.78 is 44.4. The number of rotatable bonds is 5. The van der Waals surface area contributed by atoms with E-state index in [-0.39, 0.29) is 12.3 Å². The highest BCUT2D eigenvalue weighted by Crippen LogP contribution is 2.28. The van der Waals surface area contributed by atoms with Gasteiger partial charge in [0.1, 0.15) is 0 Å². The molecule has 0 saturated heterocycles. The molecule has 1 fully saturated rings. The van der Waals surface area contributed by atoms with E-state index < -0.39 is 41.1 Å². The summed E-state index contributed by atoms with van der Waals surface area (Å²) in [7, 11) is 0. The highest BCUT2D eigenvalue weighted by molar-refractivity contribution is 5.95. The van der Waals surface area contributed by atoms with Crippen LogP contribution in [0.4, 0.5) is 18.9 Å². The molecule has 0 aliphatic heterocycles. The molecular formula is C16H18F3NO3. The molecule has 4 nitrogen and oxygen atoms in total. The minimum absolute atomic E-state index is 0.247. The van der Waals surface area contributed by atoms with Gasteiger partial charge in [0.2, 0.25) is 0 Å². The average molecular weight is 329 g/mol. The summed E-state index contributed by atoms with van der Waals surface area (Å²) in [6.07, 6.45) is 3.20. The first-order valence-electron chi connectivity index (χ1n) is 7.52. The standard InChI is InChI=1S/C16H18F3NO3/c1-9(23-13(21)8-10-4-2-3-5-10)16(22)20-12-7-6-11(17)14(18)15(12)19/h6-7,9-10H,2-5,8H2,1H3,(H,20,22). The van der Waals surface area contributed by atoms with Crippen molar-refractivity contribution in [3.05, 3.63) is 29.6 Å². The lowest BCUT2D eigenvalue weighted by molar-refractivity contribution is -0.154. The number of hydrogen-bond acceptors (Lipinski definition) is 3. The highest BCUT2D eigenvalue weighted by Gasteiger charge is 2.24. The number of hydrogen-bond donors (Lipinski definition) is 1. The van der Waals surface area contributed by atoms with Crippen molar-refractivity contribution >= 4 is 17.6 Å². The van der Waals surface area contributed by atoms with Gasteiger partial charge in [0.15, 0.2) is 23.6 Å². The first kappa shape index (κ1) is 17.3. The SMILES string of the molecule is CC(OC(=O)CC1CCCC1)C(=O)Nc1ccc(F)c(F)c1F. The number of nitrogens with one attached hydrogen (secondary N) is 1. The number of carbonyl (C=O) groups excluding carboxylic acids is 2. The third-order valence-electron chi connectivity index (χ3n) is 3.90. The van der Waals surface area contributed by atoms with Gasteiger partial charge in [-0.25, -0.2) is 13.2 Å². The summed E-state index contributed by atoms with van der Waals surface area (Å²) in [5.41, 5.74) is -0.507. The van der Waals surface area contributed by atoms with Crippen LogP contribution in [0.5, 0.6) is 0 Å². The first-order chi connectivity index (χ1) is 10.9. The van der Waals surface area contributed by atoms with E-state index in [4.69, 9.17) is 4.74 Å². The van der Waals surface area contributed by atoms with Gasteiger partial charge in [0.05, 0.1) is 5.69 Å². The molecule has 1 amide bonds. The molecule has 126 valence electrons.